The van der Waals surface area contributed by atoms with Gasteiger partial charge in [-0.15, -0.1) is 11.3 Å². The van der Waals surface area contributed by atoms with Crippen molar-refractivity contribution >= 4 is 27.3 Å². The molecule has 0 aliphatic carbocycles. The van der Waals surface area contributed by atoms with E-state index < -0.39 is 10.0 Å². The molecule has 1 amide bonds. The molecular weight excluding hydrogens is 380 g/mol. The number of nitrogens with zero attached hydrogens (tertiary/aromatic N) is 2. The van der Waals surface area contributed by atoms with Crippen LogP contribution >= 0.6 is 11.3 Å². The topological polar surface area (TPSA) is 57.7 Å². The summed E-state index contributed by atoms with van der Waals surface area (Å²) in [5.41, 5.74) is 2.17. The van der Waals surface area contributed by atoms with Gasteiger partial charge >= 0.3 is 0 Å². The van der Waals surface area contributed by atoms with Crippen LogP contribution in [0.2, 0.25) is 0 Å². The predicted molar refractivity (Wildman–Crippen MR) is 111 cm³/mol. The average Bonchev–Trinajstić information content (AvgIpc) is 2.98. The van der Waals surface area contributed by atoms with Crippen LogP contribution in [0.3, 0.4) is 0 Å². The third-order valence-electron chi connectivity index (χ3n) is 4.22. The second-order valence-electron chi connectivity index (χ2n) is 7.21. The maximum Gasteiger partial charge on any atom is 0.238 e. The van der Waals surface area contributed by atoms with Crippen molar-refractivity contribution in [2.24, 2.45) is 5.92 Å². The first-order valence-corrected chi connectivity index (χ1v) is 11.7. The van der Waals surface area contributed by atoms with Gasteiger partial charge in [-0.2, -0.15) is 4.31 Å². The fourth-order valence-corrected chi connectivity index (χ4v) is 4.59. The number of sulfonamides is 1. The van der Waals surface area contributed by atoms with Crippen LogP contribution in [0.25, 0.3) is 0 Å². The number of thiophene rings is 1. The minimum atomic E-state index is -3.44. The van der Waals surface area contributed by atoms with Crippen molar-refractivity contribution in [3.63, 3.8) is 0 Å². The molecule has 1 aromatic carbocycles. The van der Waals surface area contributed by atoms with E-state index in [1.807, 2.05) is 62.5 Å². The molecule has 0 spiro atoms. The Morgan fingerprint density at radius 1 is 1.11 bits per heavy atom. The third-order valence-corrected chi connectivity index (χ3v) is 6.44. The van der Waals surface area contributed by atoms with Crippen LogP contribution in [0.15, 0.2) is 41.8 Å². The van der Waals surface area contributed by atoms with Gasteiger partial charge in [-0.05, 0) is 35.4 Å². The molecule has 0 radical (unpaired) electrons. The van der Waals surface area contributed by atoms with E-state index in [-0.39, 0.29) is 18.4 Å². The van der Waals surface area contributed by atoms with Crippen LogP contribution in [0, 0.1) is 12.8 Å². The molecule has 148 valence electrons. The third kappa shape index (κ3) is 6.75. The lowest BCUT2D eigenvalue weighted by atomic mass is 10.2. The van der Waals surface area contributed by atoms with Crippen molar-refractivity contribution in [1.82, 2.24) is 9.21 Å². The van der Waals surface area contributed by atoms with E-state index >= 15 is 0 Å². The summed E-state index contributed by atoms with van der Waals surface area (Å²) < 4.78 is 25.5. The highest BCUT2D eigenvalue weighted by molar-refractivity contribution is 7.88. The molecule has 0 N–H and O–H groups in total. The van der Waals surface area contributed by atoms with Gasteiger partial charge in [0.05, 0.1) is 19.3 Å². The fourth-order valence-electron chi connectivity index (χ4n) is 2.75. The molecule has 0 saturated carbocycles. The first-order chi connectivity index (χ1) is 12.7. The minimum absolute atomic E-state index is 0.131. The molecular formula is C20H28N2O3S2. The molecule has 5 nitrogen and oxygen atoms in total. The van der Waals surface area contributed by atoms with Crippen LogP contribution in [0.5, 0.6) is 0 Å². The van der Waals surface area contributed by atoms with Gasteiger partial charge in [-0.3, -0.25) is 4.79 Å². The summed E-state index contributed by atoms with van der Waals surface area (Å²) in [6, 6.07) is 11.8. The molecule has 2 rings (SSSR count). The molecule has 7 heteroatoms. The first kappa shape index (κ1) is 21.6. The van der Waals surface area contributed by atoms with Crippen LogP contribution < -0.4 is 0 Å². The Balaban J connectivity index is 2.22. The van der Waals surface area contributed by atoms with Crippen molar-refractivity contribution in [1.29, 1.82) is 0 Å². The van der Waals surface area contributed by atoms with Gasteiger partial charge in [-0.1, -0.05) is 44.2 Å². The van der Waals surface area contributed by atoms with Crippen molar-refractivity contribution < 1.29 is 13.2 Å². The fraction of sp³-hybridized carbons (Fsp3) is 0.450. The zero-order valence-corrected chi connectivity index (χ0v) is 18.0. The number of benzene rings is 1. The zero-order valence-electron chi connectivity index (χ0n) is 16.4. The van der Waals surface area contributed by atoms with Gasteiger partial charge in [0.2, 0.25) is 15.9 Å². The molecule has 0 fully saturated rings. The maximum atomic E-state index is 13.0. The SMILES string of the molecule is Cc1ccsc1CN(Cc1ccccc1)C(=O)CN(CC(C)C)S(C)(=O)=O. The van der Waals surface area contributed by atoms with Crippen molar-refractivity contribution in [3.05, 3.63) is 57.8 Å². The van der Waals surface area contributed by atoms with Crippen LogP contribution in [0.4, 0.5) is 0 Å². The Hall–Kier alpha value is -1.70. The Labute approximate surface area is 166 Å². The molecule has 2 aromatic rings. The summed E-state index contributed by atoms with van der Waals surface area (Å²) in [6.07, 6.45) is 1.16. The number of carbonyl (C=O) groups is 1. The number of hydrogen-bond acceptors (Lipinski definition) is 4. The van der Waals surface area contributed by atoms with Gasteiger partial charge < -0.3 is 4.90 Å². The summed E-state index contributed by atoms with van der Waals surface area (Å²) in [6.45, 7) is 7.06. The molecule has 0 unspecified atom stereocenters. The number of hydrogen-bond donors (Lipinski definition) is 0. The quantitative estimate of drug-likeness (QED) is 0.638. The van der Waals surface area contributed by atoms with Crippen LogP contribution in [0.1, 0.15) is 29.9 Å². The number of amides is 1. The van der Waals surface area contributed by atoms with Crippen LogP contribution in [-0.4, -0.2) is 42.9 Å². The van der Waals surface area contributed by atoms with Crippen molar-refractivity contribution in [2.75, 3.05) is 19.3 Å². The first-order valence-electron chi connectivity index (χ1n) is 8.96. The molecule has 1 aromatic heterocycles. The standard InChI is InChI=1S/C20H28N2O3S2/c1-16(2)12-22(27(4,24)25)15-20(23)21(13-18-8-6-5-7-9-18)14-19-17(3)10-11-26-19/h5-11,16H,12-15H2,1-4H3. The monoisotopic (exact) mass is 408 g/mol. The van der Waals surface area contributed by atoms with Crippen molar-refractivity contribution in [2.45, 2.75) is 33.9 Å². The summed E-state index contributed by atoms with van der Waals surface area (Å²) in [5, 5.41) is 2.01. The summed E-state index contributed by atoms with van der Waals surface area (Å²) in [5.74, 6) is -0.0348. The molecule has 0 atom stereocenters. The normalized spacial score (nSPS) is 11.9. The summed E-state index contributed by atoms with van der Waals surface area (Å²) >= 11 is 1.62. The summed E-state index contributed by atoms with van der Waals surface area (Å²) in [7, 11) is -3.44. The van der Waals surface area contributed by atoms with E-state index in [1.165, 1.54) is 4.31 Å². The van der Waals surface area contributed by atoms with Gasteiger partial charge in [0, 0.05) is 18.0 Å². The minimum Gasteiger partial charge on any atom is -0.332 e. The largest absolute Gasteiger partial charge is 0.332 e. The van der Waals surface area contributed by atoms with E-state index in [1.54, 1.807) is 16.2 Å². The van der Waals surface area contributed by atoms with Crippen LogP contribution in [-0.2, 0) is 27.9 Å². The Morgan fingerprint density at radius 3 is 2.30 bits per heavy atom. The second-order valence-corrected chi connectivity index (χ2v) is 10.2. The average molecular weight is 409 g/mol. The lowest BCUT2D eigenvalue weighted by molar-refractivity contribution is -0.132. The number of aryl methyl sites for hydroxylation is 1. The lowest BCUT2D eigenvalue weighted by Crippen LogP contribution is -2.43. The molecule has 0 bridgehead atoms. The van der Waals surface area contributed by atoms with E-state index in [0.29, 0.717) is 19.6 Å². The highest BCUT2D eigenvalue weighted by Crippen LogP contribution is 2.20. The number of rotatable bonds is 9. The maximum absolute atomic E-state index is 13.0. The van der Waals surface area contributed by atoms with Gasteiger partial charge in [0.15, 0.2) is 0 Å². The molecule has 0 aliphatic heterocycles. The Kier molecular flexibility index (Phi) is 7.59. The Morgan fingerprint density at radius 2 is 1.78 bits per heavy atom. The second kappa shape index (κ2) is 9.48. The van der Waals surface area contributed by atoms with Gasteiger partial charge in [0.25, 0.3) is 0 Å². The van der Waals surface area contributed by atoms with Gasteiger partial charge in [0.1, 0.15) is 0 Å². The zero-order chi connectivity index (χ0) is 20.0. The van der Waals surface area contributed by atoms with Crippen molar-refractivity contribution in [3.8, 4) is 0 Å². The highest BCUT2D eigenvalue weighted by Gasteiger charge is 2.25. The Bertz CT molecular complexity index is 845. The lowest BCUT2D eigenvalue weighted by Gasteiger charge is -2.27. The summed E-state index contributed by atoms with van der Waals surface area (Å²) in [4.78, 5) is 15.9. The molecule has 27 heavy (non-hydrogen) atoms. The highest BCUT2D eigenvalue weighted by atomic mass is 32.2. The smallest absolute Gasteiger partial charge is 0.238 e. The number of carbonyl (C=O) groups excluding carboxylic acids is 1. The predicted octanol–water partition coefficient (Wildman–Crippen LogP) is 3.50. The van der Waals surface area contributed by atoms with E-state index in [0.717, 1.165) is 22.3 Å². The van der Waals surface area contributed by atoms with E-state index in [2.05, 4.69) is 0 Å². The van der Waals surface area contributed by atoms with E-state index in [4.69, 9.17) is 0 Å². The molecule has 0 saturated heterocycles. The molecule has 0 aliphatic rings. The van der Waals surface area contributed by atoms with E-state index in [9.17, 15) is 13.2 Å². The molecule has 1 heterocycles. The van der Waals surface area contributed by atoms with Gasteiger partial charge in [-0.25, -0.2) is 8.42 Å².